The molecule has 2 aromatic heterocycles. The zero-order valence-electron chi connectivity index (χ0n) is 17.0. The Morgan fingerprint density at radius 3 is 2.65 bits per heavy atom. The molecule has 164 valence electrons. The first-order valence-corrected chi connectivity index (χ1v) is 9.82. The summed E-state index contributed by atoms with van der Waals surface area (Å²) in [7, 11) is 0. The van der Waals surface area contributed by atoms with Gasteiger partial charge in [-0.2, -0.15) is 0 Å². The van der Waals surface area contributed by atoms with Crippen LogP contribution in [0.4, 0.5) is 17.6 Å². The van der Waals surface area contributed by atoms with E-state index in [-0.39, 0.29) is 12.3 Å². The zero-order valence-corrected chi connectivity index (χ0v) is 17.0. The number of alkyl halides is 4. The van der Waals surface area contributed by atoms with Crippen molar-refractivity contribution >= 4 is 0 Å². The maximum atomic E-state index is 13.5. The first-order chi connectivity index (χ1) is 14.7. The Morgan fingerprint density at radius 2 is 1.97 bits per heavy atom. The summed E-state index contributed by atoms with van der Waals surface area (Å²) in [4.78, 5) is 9.05. The van der Waals surface area contributed by atoms with E-state index in [9.17, 15) is 17.6 Å². The largest absolute Gasteiger partial charge is 0.573 e. The van der Waals surface area contributed by atoms with Crippen LogP contribution in [0, 0.1) is 13.8 Å². The molecular formula is C22H21F4N3O2. The summed E-state index contributed by atoms with van der Waals surface area (Å²) >= 11 is 0. The molecule has 0 saturated carbocycles. The highest BCUT2D eigenvalue weighted by Crippen LogP contribution is 2.34. The Kier molecular flexibility index (Phi) is 5.70. The van der Waals surface area contributed by atoms with Gasteiger partial charge >= 0.3 is 6.36 Å². The maximum absolute atomic E-state index is 13.5. The number of ether oxygens (including phenoxy) is 2. The third-order valence-electron chi connectivity index (χ3n) is 5.15. The minimum absolute atomic E-state index is 0.262. The van der Waals surface area contributed by atoms with E-state index < -0.39 is 19.1 Å². The molecule has 0 saturated heterocycles. The topological polar surface area (TPSA) is 49.2 Å². The second-order valence-electron chi connectivity index (χ2n) is 7.45. The van der Waals surface area contributed by atoms with E-state index in [2.05, 4.69) is 9.72 Å². The van der Waals surface area contributed by atoms with Crippen molar-refractivity contribution in [2.45, 2.75) is 39.3 Å². The quantitative estimate of drug-likeness (QED) is 0.539. The van der Waals surface area contributed by atoms with Gasteiger partial charge in [-0.3, -0.25) is 4.98 Å². The smallest absolute Gasteiger partial charge is 0.406 e. The molecule has 1 atom stereocenters. The van der Waals surface area contributed by atoms with Crippen LogP contribution < -0.4 is 4.74 Å². The van der Waals surface area contributed by atoms with E-state index in [1.165, 1.54) is 19.1 Å². The molecule has 0 spiro atoms. The number of imidazole rings is 1. The van der Waals surface area contributed by atoms with E-state index in [1.807, 2.05) is 23.6 Å². The van der Waals surface area contributed by atoms with Gasteiger partial charge in [0.2, 0.25) is 0 Å². The molecule has 0 bridgehead atoms. The lowest BCUT2D eigenvalue weighted by Gasteiger charge is -2.15. The summed E-state index contributed by atoms with van der Waals surface area (Å²) in [6.07, 6.45) is -3.15. The van der Waals surface area contributed by atoms with Crippen molar-refractivity contribution in [2.75, 3.05) is 13.3 Å². The van der Waals surface area contributed by atoms with Gasteiger partial charge in [0, 0.05) is 35.1 Å². The first kappa shape index (κ1) is 21.3. The standard InChI is InChI=1S/C22H21F4N3O2/c1-13-9-16(3-4-19(13)31-22(24,25)26)21-28-20(15-5-7-27-14(2)10-15)18-6-8-30-17(11-23)12-29(18)21/h3-5,7,9-10,17H,6,8,11-12H2,1-2H3/t17-/m1/s1. The monoisotopic (exact) mass is 435 g/mol. The summed E-state index contributed by atoms with van der Waals surface area (Å²) in [5.41, 5.74) is 4.26. The number of benzene rings is 1. The first-order valence-electron chi connectivity index (χ1n) is 9.82. The number of rotatable bonds is 4. The number of aromatic nitrogens is 3. The van der Waals surface area contributed by atoms with E-state index in [4.69, 9.17) is 9.72 Å². The molecule has 9 heteroatoms. The van der Waals surface area contributed by atoms with Gasteiger partial charge in [-0.1, -0.05) is 0 Å². The van der Waals surface area contributed by atoms with E-state index in [0.717, 1.165) is 22.6 Å². The second kappa shape index (κ2) is 8.30. The predicted molar refractivity (Wildman–Crippen MR) is 106 cm³/mol. The lowest BCUT2D eigenvalue weighted by Crippen LogP contribution is -2.21. The number of hydrogen-bond acceptors (Lipinski definition) is 4. The van der Waals surface area contributed by atoms with E-state index >= 15 is 0 Å². The van der Waals surface area contributed by atoms with Gasteiger partial charge in [0.05, 0.1) is 18.8 Å². The highest BCUT2D eigenvalue weighted by Gasteiger charge is 2.32. The van der Waals surface area contributed by atoms with Crippen molar-refractivity contribution < 1.29 is 27.0 Å². The third-order valence-corrected chi connectivity index (χ3v) is 5.15. The van der Waals surface area contributed by atoms with Crippen LogP contribution in [0.1, 0.15) is 17.0 Å². The zero-order chi connectivity index (χ0) is 22.2. The highest BCUT2D eigenvalue weighted by molar-refractivity contribution is 5.69. The Morgan fingerprint density at radius 1 is 1.16 bits per heavy atom. The number of halogens is 4. The fraction of sp³-hybridized carbons (Fsp3) is 0.364. The molecular weight excluding hydrogens is 414 g/mol. The normalized spacial score (nSPS) is 16.6. The number of aryl methyl sites for hydroxylation is 2. The van der Waals surface area contributed by atoms with Crippen LogP contribution in [0.25, 0.3) is 22.6 Å². The second-order valence-corrected chi connectivity index (χ2v) is 7.45. The van der Waals surface area contributed by atoms with Crippen LogP contribution in [0.2, 0.25) is 0 Å². The number of pyridine rings is 1. The van der Waals surface area contributed by atoms with Crippen LogP contribution in [0.15, 0.2) is 36.5 Å². The lowest BCUT2D eigenvalue weighted by atomic mass is 10.1. The van der Waals surface area contributed by atoms with Gasteiger partial charge in [-0.05, 0) is 49.7 Å². The summed E-state index contributed by atoms with van der Waals surface area (Å²) in [5.74, 6) is 0.277. The molecule has 1 aliphatic heterocycles. The Bertz CT molecular complexity index is 1090. The molecule has 3 heterocycles. The number of nitrogens with zero attached hydrogens (tertiary/aromatic N) is 3. The van der Waals surface area contributed by atoms with Crippen molar-refractivity contribution in [2.24, 2.45) is 0 Å². The van der Waals surface area contributed by atoms with Crippen molar-refractivity contribution in [1.82, 2.24) is 14.5 Å². The molecule has 0 unspecified atom stereocenters. The van der Waals surface area contributed by atoms with Crippen molar-refractivity contribution in [3.05, 3.63) is 53.5 Å². The third kappa shape index (κ3) is 4.56. The van der Waals surface area contributed by atoms with E-state index in [1.54, 1.807) is 12.3 Å². The minimum Gasteiger partial charge on any atom is -0.406 e. The SMILES string of the molecule is Cc1cc(-c2nc(-c3ccc(OC(F)(F)F)c(C)c3)n3c2CCO[C@H](CF)C3)ccn1. The molecule has 1 aromatic carbocycles. The minimum atomic E-state index is -4.77. The molecule has 1 aliphatic rings. The fourth-order valence-electron chi connectivity index (χ4n) is 3.78. The molecule has 0 N–H and O–H groups in total. The molecule has 0 fully saturated rings. The molecule has 0 amide bonds. The number of fused-ring (bicyclic) bond motifs is 1. The van der Waals surface area contributed by atoms with Gasteiger partial charge in [0.15, 0.2) is 0 Å². The Hall–Kier alpha value is -2.94. The summed E-state index contributed by atoms with van der Waals surface area (Å²) in [6.45, 7) is 3.39. The van der Waals surface area contributed by atoms with Crippen molar-refractivity contribution in [1.29, 1.82) is 0 Å². The van der Waals surface area contributed by atoms with Crippen LogP contribution in [-0.2, 0) is 17.7 Å². The summed E-state index contributed by atoms with van der Waals surface area (Å²) in [6, 6.07) is 8.16. The Labute approximate surface area is 176 Å². The van der Waals surface area contributed by atoms with Gasteiger partial charge < -0.3 is 14.0 Å². The molecule has 5 nitrogen and oxygen atoms in total. The van der Waals surface area contributed by atoms with Crippen molar-refractivity contribution in [3.63, 3.8) is 0 Å². The lowest BCUT2D eigenvalue weighted by molar-refractivity contribution is -0.274. The fourth-order valence-corrected chi connectivity index (χ4v) is 3.78. The highest BCUT2D eigenvalue weighted by atomic mass is 19.4. The van der Waals surface area contributed by atoms with Crippen LogP contribution >= 0.6 is 0 Å². The van der Waals surface area contributed by atoms with E-state index in [0.29, 0.717) is 30.0 Å². The molecule has 0 aliphatic carbocycles. The average Bonchev–Trinajstić information content (AvgIpc) is 2.92. The van der Waals surface area contributed by atoms with Gasteiger partial charge in [-0.15, -0.1) is 13.2 Å². The molecule has 3 aromatic rings. The van der Waals surface area contributed by atoms with Gasteiger partial charge in [-0.25, -0.2) is 9.37 Å². The predicted octanol–water partition coefficient (Wildman–Crippen LogP) is 5.04. The molecule has 31 heavy (non-hydrogen) atoms. The summed E-state index contributed by atoms with van der Waals surface area (Å²) in [5, 5.41) is 0. The maximum Gasteiger partial charge on any atom is 0.573 e. The summed E-state index contributed by atoms with van der Waals surface area (Å²) < 4.78 is 62.9. The van der Waals surface area contributed by atoms with Crippen LogP contribution in [-0.4, -0.2) is 40.3 Å². The van der Waals surface area contributed by atoms with Gasteiger partial charge in [0.25, 0.3) is 0 Å². The van der Waals surface area contributed by atoms with Gasteiger partial charge in [0.1, 0.15) is 24.4 Å². The van der Waals surface area contributed by atoms with Crippen molar-refractivity contribution in [3.8, 4) is 28.4 Å². The molecule has 0 radical (unpaired) electrons. The average molecular weight is 435 g/mol. The number of hydrogen-bond donors (Lipinski definition) is 0. The Balaban J connectivity index is 1.83. The van der Waals surface area contributed by atoms with Crippen LogP contribution in [0.3, 0.4) is 0 Å². The molecule has 4 rings (SSSR count). The van der Waals surface area contributed by atoms with Crippen LogP contribution in [0.5, 0.6) is 5.75 Å².